The monoisotopic (exact) mass is 393 g/mol. The summed E-state index contributed by atoms with van der Waals surface area (Å²) in [5.41, 5.74) is 3.67. The second kappa shape index (κ2) is 8.97. The predicted molar refractivity (Wildman–Crippen MR) is 116 cm³/mol. The lowest BCUT2D eigenvalue weighted by atomic mass is 10.1. The molecule has 1 amide bonds. The number of piperazine rings is 1. The second-order valence-corrected chi connectivity index (χ2v) is 8.29. The van der Waals surface area contributed by atoms with Crippen LogP contribution >= 0.6 is 0 Å². The number of nitrogens with zero attached hydrogens (tertiary/aromatic N) is 3. The van der Waals surface area contributed by atoms with Crippen molar-refractivity contribution in [2.24, 2.45) is 0 Å². The van der Waals surface area contributed by atoms with Crippen molar-refractivity contribution in [3.63, 3.8) is 0 Å². The predicted octanol–water partition coefficient (Wildman–Crippen LogP) is 3.18. The maximum absolute atomic E-state index is 13.0. The van der Waals surface area contributed by atoms with Crippen molar-refractivity contribution in [2.75, 3.05) is 44.2 Å². The van der Waals surface area contributed by atoms with Gasteiger partial charge in [0.2, 0.25) is 5.91 Å². The molecule has 0 spiro atoms. The van der Waals surface area contributed by atoms with Crippen LogP contribution in [0.5, 0.6) is 5.75 Å². The quantitative estimate of drug-likeness (QED) is 0.755. The molecule has 0 bridgehead atoms. The van der Waals surface area contributed by atoms with Crippen LogP contribution in [0.3, 0.4) is 0 Å². The third-order valence-electron chi connectivity index (χ3n) is 5.80. The Hall–Kier alpha value is -2.37. The fourth-order valence-corrected chi connectivity index (χ4v) is 4.29. The lowest BCUT2D eigenvalue weighted by molar-refractivity contribution is -0.120. The summed E-state index contributed by atoms with van der Waals surface area (Å²) in [6.07, 6.45) is 1.02. The van der Waals surface area contributed by atoms with Crippen molar-refractivity contribution in [1.29, 1.82) is 0 Å². The van der Waals surface area contributed by atoms with Crippen molar-refractivity contribution in [2.45, 2.75) is 32.9 Å². The van der Waals surface area contributed by atoms with Crippen molar-refractivity contribution in [3.8, 4) is 5.75 Å². The Labute approximate surface area is 173 Å². The fraction of sp³-hybridized carbons (Fsp3) is 0.458. The van der Waals surface area contributed by atoms with Crippen LogP contribution in [0.15, 0.2) is 48.5 Å². The van der Waals surface area contributed by atoms with Crippen LogP contribution in [0.4, 0.5) is 5.69 Å². The molecule has 154 valence electrons. The molecule has 2 aliphatic rings. The average molecular weight is 394 g/mol. The topological polar surface area (TPSA) is 36.0 Å². The van der Waals surface area contributed by atoms with Crippen LogP contribution in [0, 0.1) is 0 Å². The number of rotatable bonds is 6. The molecule has 2 aromatic carbocycles. The van der Waals surface area contributed by atoms with Crippen LogP contribution in [0.25, 0.3) is 0 Å². The van der Waals surface area contributed by atoms with Gasteiger partial charge in [-0.1, -0.05) is 30.3 Å². The van der Waals surface area contributed by atoms with Crippen LogP contribution < -0.4 is 9.64 Å². The summed E-state index contributed by atoms with van der Waals surface area (Å²) in [4.78, 5) is 19.7. The van der Waals surface area contributed by atoms with Gasteiger partial charge in [-0.05, 0) is 43.2 Å². The Bertz CT molecular complexity index is 829. The highest BCUT2D eigenvalue weighted by Gasteiger charge is 2.24. The van der Waals surface area contributed by atoms with Crippen molar-refractivity contribution in [1.82, 2.24) is 9.80 Å². The molecule has 0 aliphatic carbocycles. The zero-order valence-corrected chi connectivity index (χ0v) is 17.5. The molecule has 0 unspecified atom stereocenters. The molecule has 5 heteroatoms. The summed E-state index contributed by atoms with van der Waals surface area (Å²) < 4.78 is 5.61. The SMILES string of the molecule is CC(C)N(C(=O)CN1CCN(Cc2ccc3c(c2)CCO3)CC1)c1ccccc1. The van der Waals surface area contributed by atoms with E-state index >= 15 is 0 Å². The van der Waals surface area contributed by atoms with Gasteiger partial charge in [-0.25, -0.2) is 0 Å². The Morgan fingerprint density at radius 3 is 2.48 bits per heavy atom. The third kappa shape index (κ3) is 4.80. The molecule has 29 heavy (non-hydrogen) atoms. The van der Waals surface area contributed by atoms with Crippen LogP contribution in [0.1, 0.15) is 25.0 Å². The molecule has 0 aromatic heterocycles. The van der Waals surface area contributed by atoms with Crippen LogP contribution in [-0.2, 0) is 17.8 Å². The first-order chi connectivity index (χ1) is 14.1. The van der Waals surface area contributed by atoms with Gasteiger partial charge in [0, 0.05) is 50.9 Å². The highest BCUT2D eigenvalue weighted by Crippen LogP contribution is 2.26. The van der Waals surface area contributed by atoms with E-state index in [1.54, 1.807) is 0 Å². The number of anilines is 1. The Balaban J connectivity index is 1.29. The van der Waals surface area contributed by atoms with Gasteiger partial charge in [0.25, 0.3) is 0 Å². The zero-order chi connectivity index (χ0) is 20.2. The second-order valence-electron chi connectivity index (χ2n) is 8.29. The Morgan fingerprint density at radius 1 is 1.03 bits per heavy atom. The summed E-state index contributed by atoms with van der Waals surface area (Å²) in [7, 11) is 0. The van der Waals surface area contributed by atoms with E-state index in [2.05, 4.69) is 41.8 Å². The fourth-order valence-electron chi connectivity index (χ4n) is 4.29. The van der Waals surface area contributed by atoms with E-state index in [4.69, 9.17) is 4.74 Å². The largest absolute Gasteiger partial charge is 0.493 e. The maximum Gasteiger partial charge on any atom is 0.241 e. The minimum absolute atomic E-state index is 0.148. The van der Waals surface area contributed by atoms with Gasteiger partial charge < -0.3 is 9.64 Å². The van der Waals surface area contributed by atoms with E-state index in [1.165, 1.54) is 11.1 Å². The van der Waals surface area contributed by atoms with Crippen LogP contribution in [-0.4, -0.2) is 61.1 Å². The molecule has 0 N–H and O–H groups in total. The normalized spacial score (nSPS) is 17.2. The molecule has 0 saturated carbocycles. The van der Waals surface area contributed by atoms with Gasteiger partial charge in [0.15, 0.2) is 0 Å². The summed E-state index contributed by atoms with van der Waals surface area (Å²) in [5.74, 6) is 1.23. The number of amides is 1. The number of para-hydroxylation sites is 1. The number of ether oxygens (including phenoxy) is 1. The smallest absolute Gasteiger partial charge is 0.241 e. The summed E-state index contributed by atoms with van der Waals surface area (Å²) in [6.45, 7) is 10.3. The van der Waals surface area contributed by atoms with E-state index in [0.717, 1.165) is 57.2 Å². The molecule has 4 rings (SSSR count). The number of carbonyl (C=O) groups is 1. The number of hydrogen-bond donors (Lipinski definition) is 0. The first-order valence-electron chi connectivity index (χ1n) is 10.7. The molecule has 0 atom stereocenters. The van der Waals surface area contributed by atoms with Gasteiger partial charge in [0.1, 0.15) is 5.75 Å². The number of carbonyl (C=O) groups excluding carboxylic acids is 1. The average Bonchev–Trinajstić information content (AvgIpc) is 3.18. The van der Waals surface area contributed by atoms with Crippen LogP contribution in [0.2, 0.25) is 0 Å². The molecule has 5 nitrogen and oxygen atoms in total. The lowest BCUT2D eigenvalue weighted by Crippen LogP contribution is -2.50. The molecule has 2 aliphatic heterocycles. The van der Waals surface area contributed by atoms with E-state index in [0.29, 0.717) is 6.54 Å². The molecule has 2 aromatic rings. The summed E-state index contributed by atoms with van der Waals surface area (Å²) in [6, 6.07) is 16.7. The number of fused-ring (bicyclic) bond motifs is 1. The van der Waals surface area contributed by atoms with E-state index < -0.39 is 0 Å². The van der Waals surface area contributed by atoms with Gasteiger partial charge in [-0.15, -0.1) is 0 Å². The number of benzene rings is 2. The third-order valence-corrected chi connectivity index (χ3v) is 5.80. The van der Waals surface area contributed by atoms with Gasteiger partial charge in [-0.2, -0.15) is 0 Å². The van der Waals surface area contributed by atoms with Gasteiger partial charge in [0.05, 0.1) is 13.2 Å². The summed E-state index contributed by atoms with van der Waals surface area (Å²) in [5, 5.41) is 0. The standard InChI is InChI=1S/C24H31N3O2/c1-19(2)27(22-6-4-3-5-7-22)24(28)18-26-13-11-25(12-14-26)17-20-8-9-23-21(16-20)10-15-29-23/h3-9,16,19H,10-15,17-18H2,1-2H3. The van der Waals surface area contributed by atoms with E-state index in [1.807, 2.05) is 35.2 Å². The highest BCUT2D eigenvalue weighted by molar-refractivity contribution is 5.95. The molecule has 2 heterocycles. The van der Waals surface area contributed by atoms with Gasteiger partial charge in [-0.3, -0.25) is 14.6 Å². The Morgan fingerprint density at radius 2 is 1.76 bits per heavy atom. The lowest BCUT2D eigenvalue weighted by Gasteiger charge is -2.36. The molecular weight excluding hydrogens is 362 g/mol. The number of hydrogen-bond acceptors (Lipinski definition) is 4. The Kier molecular flexibility index (Phi) is 6.16. The van der Waals surface area contributed by atoms with Gasteiger partial charge >= 0.3 is 0 Å². The zero-order valence-electron chi connectivity index (χ0n) is 17.5. The first-order valence-corrected chi connectivity index (χ1v) is 10.7. The molecule has 0 radical (unpaired) electrons. The first kappa shape index (κ1) is 19.9. The minimum atomic E-state index is 0.148. The minimum Gasteiger partial charge on any atom is -0.493 e. The van der Waals surface area contributed by atoms with E-state index in [-0.39, 0.29) is 11.9 Å². The molecular formula is C24H31N3O2. The maximum atomic E-state index is 13.0. The highest BCUT2D eigenvalue weighted by atomic mass is 16.5. The van der Waals surface area contributed by atoms with Crippen molar-refractivity contribution >= 4 is 11.6 Å². The molecule has 1 fully saturated rings. The summed E-state index contributed by atoms with van der Waals surface area (Å²) >= 11 is 0. The van der Waals surface area contributed by atoms with Crippen molar-refractivity contribution < 1.29 is 9.53 Å². The van der Waals surface area contributed by atoms with Crippen molar-refractivity contribution in [3.05, 3.63) is 59.7 Å². The molecule has 1 saturated heterocycles. The van der Waals surface area contributed by atoms with E-state index in [9.17, 15) is 4.79 Å².